The number of anilines is 1. The summed E-state index contributed by atoms with van der Waals surface area (Å²) in [5.41, 5.74) is 2.16. The van der Waals surface area contributed by atoms with Gasteiger partial charge >= 0.3 is 0 Å². The van der Waals surface area contributed by atoms with Crippen LogP contribution in [0.4, 0.5) is 5.69 Å². The summed E-state index contributed by atoms with van der Waals surface area (Å²) < 4.78 is 0. The molecule has 0 amide bonds. The quantitative estimate of drug-likeness (QED) is 0.704. The maximum absolute atomic E-state index is 3.63. The Morgan fingerprint density at radius 3 is 2.57 bits per heavy atom. The van der Waals surface area contributed by atoms with Crippen LogP contribution in [-0.4, -0.2) is 0 Å². The van der Waals surface area contributed by atoms with E-state index in [0.717, 1.165) is 11.4 Å². The van der Waals surface area contributed by atoms with Gasteiger partial charge < -0.3 is 5.32 Å². The zero-order valence-corrected chi connectivity index (χ0v) is 8.40. The van der Waals surface area contributed by atoms with Gasteiger partial charge in [-0.1, -0.05) is 43.0 Å². The number of hydrogen-bond donors (Lipinski definition) is 1. The van der Waals surface area contributed by atoms with Crippen LogP contribution in [0.15, 0.2) is 66.9 Å². The third-order valence-electron chi connectivity index (χ3n) is 1.79. The largest absolute Gasteiger partial charge is 0.356 e. The standard InChI is InChI=1S/C13H15N/c1-3-5-9-12(4-2)14-13-10-7-6-8-11-13/h3-11,14H,1H2,2H3/b9-5-,12-4+. The molecule has 14 heavy (non-hydrogen) atoms. The lowest BCUT2D eigenvalue weighted by molar-refractivity contribution is 1.44. The van der Waals surface area contributed by atoms with Crippen LogP contribution in [0.25, 0.3) is 0 Å². The summed E-state index contributed by atoms with van der Waals surface area (Å²) in [4.78, 5) is 0. The van der Waals surface area contributed by atoms with Crippen LogP contribution >= 0.6 is 0 Å². The Morgan fingerprint density at radius 1 is 1.29 bits per heavy atom. The Morgan fingerprint density at radius 2 is 2.00 bits per heavy atom. The minimum atomic E-state index is 1.07. The zero-order chi connectivity index (χ0) is 10.2. The second kappa shape index (κ2) is 5.81. The molecule has 0 aliphatic heterocycles. The Kier molecular flexibility index (Phi) is 4.29. The van der Waals surface area contributed by atoms with Gasteiger partial charge in [-0.15, -0.1) is 0 Å². The summed E-state index contributed by atoms with van der Waals surface area (Å²) in [5.74, 6) is 0. The summed E-state index contributed by atoms with van der Waals surface area (Å²) >= 11 is 0. The van der Waals surface area contributed by atoms with E-state index in [-0.39, 0.29) is 0 Å². The van der Waals surface area contributed by atoms with E-state index >= 15 is 0 Å². The molecule has 0 bridgehead atoms. The van der Waals surface area contributed by atoms with Gasteiger partial charge in [-0.3, -0.25) is 0 Å². The van der Waals surface area contributed by atoms with Crippen molar-refractivity contribution in [1.82, 2.24) is 0 Å². The summed E-state index contributed by atoms with van der Waals surface area (Å²) in [6.45, 7) is 5.63. The van der Waals surface area contributed by atoms with Crippen molar-refractivity contribution in [2.45, 2.75) is 6.92 Å². The van der Waals surface area contributed by atoms with E-state index in [4.69, 9.17) is 0 Å². The molecule has 0 aromatic heterocycles. The van der Waals surface area contributed by atoms with E-state index in [1.807, 2.05) is 55.5 Å². The lowest BCUT2D eigenvalue weighted by atomic mass is 10.3. The fourth-order valence-corrected chi connectivity index (χ4v) is 1.07. The van der Waals surface area contributed by atoms with Gasteiger partial charge in [0, 0.05) is 11.4 Å². The molecule has 0 aliphatic carbocycles. The van der Waals surface area contributed by atoms with Gasteiger partial charge in [0.05, 0.1) is 0 Å². The van der Waals surface area contributed by atoms with Crippen molar-refractivity contribution in [2.24, 2.45) is 0 Å². The van der Waals surface area contributed by atoms with Crippen molar-refractivity contribution >= 4 is 5.69 Å². The maximum Gasteiger partial charge on any atom is 0.0384 e. The molecule has 0 unspecified atom stereocenters. The summed E-state index contributed by atoms with van der Waals surface area (Å²) in [7, 11) is 0. The first kappa shape index (κ1) is 10.3. The molecule has 1 aromatic rings. The molecule has 1 nitrogen and oxygen atoms in total. The van der Waals surface area contributed by atoms with Crippen molar-refractivity contribution in [3.05, 3.63) is 66.9 Å². The van der Waals surface area contributed by atoms with Crippen molar-refractivity contribution in [3.63, 3.8) is 0 Å². The van der Waals surface area contributed by atoms with E-state index in [1.165, 1.54) is 0 Å². The van der Waals surface area contributed by atoms with Gasteiger partial charge in [0.25, 0.3) is 0 Å². The molecule has 1 heteroatoms. The SMILES string of the molecule is C=C/C=C\C(=C/C)Nc1ccccc1. The lowest BCUT2D eigenvalue weighted by Crippen LogP contribution is -1.95. The van der Waals surface area contributed by atoms with E-state index in [0.29, 0.717) is 0 Å². The molecule has 0 heterocycles. The normalized spacial score (nSPS) is 11.6. The van der Waals surface area contributed by atoms with E-state index in [9.17, 15) is 0 Å². The average Bonchev–Trinajstić information content (AvgIpc) is 2.25. The highest BCUT2D eigenvalue weighted by Gasteiger charge is 1.90. The maximum atomic E-state index is 3.63. The molecule has 0 fully saturated rings. The molecule has 1 N–H and O–H groups in total. The highest BCUT2D eigenvalue weighted by atomic mass is 14.9. The van der Waals surface area contributed by atoms with Gasteiger partial charge in [0.15, 0.2) is 0 Å². The first-order valence-corrected chi connectivity index (χ1v) is 4.64. The third kappa shape index (κ3) is 3.31. The van der Waals surface area contributed by atoms with E-state index in [2.05, 4.69) is 11.9 Å². The Hall–Kier alpha value is -1.76. The van der Waals surface area contributed by atoms with Crippen LogP contribution in [-0.2, 0) is 0 Å². The monoisotopic (exact) mass is 185 g/mol. The molecule has 0 saturated heterocycles. The zero-order valence-electron chi connectivity index (χ0n) is 8.40. The van der Waals surface area contributed by atoms with Gasteiger partial charge in [-0.25, -0.2) is 0 Å². The Balaban J connectivity index is 2.67. The Bertz CT molecular complexity index is 334. The van der Waals surface area contributed by atoms with Gasteiger partial charge in [0.2, 0.25) is 0 Å². The second-order valence-corrected chi connectivity index (χ2v) is 2.83. The molecule has 0 radical (unpaired) electrons. The highest BCUT2D eigenvalue weighted by molar-refractivity contribution is 5.50. The summed E-state index contributed by atoms with van der Waals surface area (Å²) in [6, 6.07) is 10.1. The fraction of sp³-hybridized carbons (Fsp3) is 0.0769. The molecule has 72 valence electrons. The van der Waals surface area contributed by atoms with E-state index in [1.54, 1.807) is 6.08 Å². The van der Waals surface area contributed by atoms with Crippen LogP contribution in [0.3, 0.4) is 0 Å². The van der Waals surface area contributed by atoms with Crippen LogP contribution in [0.1, 0.15) is 6.92 Å². The van der Waals surface area contributed by atoms with Crippen molar-refractivity contribution < 1.29 is 0 Å². The smallest absolute Gasteiger partial charge is 0.0384 e. The number of hydrogen-bond acceptors (Lipinski definition) is 1. The molecule has 0 atom stereocenters. The van der Waals surface area contributed by atoms with Crippen molar-refractivity contribution in [3.8, 4) is 0 Å². The lowest BCUT2D eigenvalue weighted by Gasteiger charge is -2.05. The van der Waals surface area contributed by atoms with Gasteiger partial charge in [-0.2, -0.15) is 0 Å². The number of para-hydroxylation sites is 1. The van der Waals surface area contributed by atoms with Crippen LogP contribution in [0.2, 0.25) is 0 Å². The molecule has 0 saturated carbocycles. The minimum Gasteiger partial charge on any atom is -0.356 e. The van der Waals surface area contributed by atoms with Crippen molar-refractivity contribution in [1.29, 1.82) is 0 Å². The molecular formula is C13H15N. The number of allylic oxidation sites excluding steroid dienone is 4. The first-order valence-electron chi connectivity index (χ1n) is 4.64. The Labute approximate surface area is 85.5 Å². The topological polar surface area (TPSA) is 12.0 Å². The molecule has 0 spiro atoms. The number of rotatable bonds is 4. The van der Waals surface area contributed by atoms with E-state index < -0.39 is 0 Å². The summed E-state index contributed by atoms with van der Waals surface area (Å²) in [5, 5.41) is 3.29. The third-order valence-corrected chi connectivity index (χ3v) is 1.79. The molecule has 1 aromatic carbocycles. The average molecular weight is 185 g/mol. The fourth-order valence-electron chi connectivity index (χ4n) is 1.07. The van der Waals surface area contributed by atoms with Gasteiger partial charge in [0.1, 0.15) is 0 Å². The number of benzene rings is 1. The molecular weight excluding hydrogens is 170 g/mol. The highest BCUT2D eigenvalue weighted by Crippen LogP contribution is 2.09. The molecule has 1 rings (SSSR count). The van der Waals surface area contributed by atoms with Gasteiger partial charge in [-0.05, 0) is 25.1 Å². The summed E-state index contributed by atoms with van der Waals surface area (Å²) in [6.07, 6.45) is 7.68. The van der Waals surface area contributed by atoms with Crippen LogP contribution in [0, 0.1) is 0 Å². The number of nitrogens with one attached hydrogen (secondary N) is 1. The van der Waals surface area contributed by atoms with Crippen LogP contribution in [0.5, 0.6) is 0 Å². The first-order chi connectivity index (χ1) is 6.86. The second-order valence-electron chi connectivity index (χ2n) is 2.83. The predicted molar refractivity (Wildman–Crippen MR) is 63.2 cm³/mol. The van der Waals surface area contributed by atoms with Crippen LogP contribution < -0.4 is 5.32 Å². The minimum absolute atomic E-state index is 1.07. The van der Waals surface area contributed by atoms with Crippen molar-refractivity contribution in [2.75, 3.05) is 5.32 Å². The molecule has 0 aliphatic rings. The predicted octanol–water partition coefficient (Wildman–Crippen LogP) is 3.74.